The van der Waals surface area contributed by atoms with Gasteiger partial charge in [-0.1, -0.05) is 42.5 Å². The smallest absolute Gasteiger partial charge is 0.277 e. The number of aromatic amines is 2. The summed E-state index contributed by atoms with van der Waals surface area (Å²) in [5.41, 5.74) is 0.832. The van der Waals surface area contributed by atoms with E-state index in [9.17, 15) is 9.59 Å². The van der Waals surface area contributed by atoms with Crippen LogP contribution >= 0.6 is 0 Å². The number of ether oxygens (including phenoxy) is 2. The Bertz CT molecular complexity index is 1620. The van der Waals surface area contributed by atoms with Crippen molar-refractivity contribution in [3.05, 3.63) is 87.1 Å². The Kier molecular flexibility index (Phi) is 4.76. The highest BCUT2D eigenvalue weighted by molar-refractivity contribution is 6.01. The van der Waals surface area contributed by atoms with Crippen molar-refractivity contribution in [3.63, 3.8) is 0 Å². The lowest BCUT2D eigenvalue weighted by Crippen LogP contribution is -2.35. The number of hydrogen-bond acceptors (Lipinski definition) is 7. The summed E-state index contributed by atoms with van der Waals surface area (Å²) >= 11 is 0. The average Bonchev–Trinajstić information content (AvgIpc) is 3.27. The Morgan fingerprint density at radius 3 is 2.68 bits per heavy atom. The van der Waals surface area contributed by atoms with E-state index in [0.29, 0.717) is 41.4 Å². The third kappa shape index (κ3) is 3.45. The lowest BCUT2D eigenvalue weighted by atomic mass is 10.2. The molecule has 6 rings (SSSR count). The number of anilines is 1. The Hall–Kier alpha value is -4.60. The zero-order chi connectivity index (χ0) is 23.1. The third-order valence-electron chi connectivity index (χ3n) is 5.77. The zero-order valence-electron chi connectivity index (χ0n) is 17.9. The topological polar surface area (TPSA) is 127 Å². The molecule has 0 saturated heterocycles. The van der Waals surface area contributed by atoms with Gasteiger partial charge in [-0.25, -0.2) is 4.98 Å². The molecule has 1 atom stereocenters. The molecular weight excluding hydrogens is 436 g/mol. The van der Waals surface area contributed by atoms with E-state index in [4.69, 9.17) is 9.47 Å². The molecule has 0 fully saturated rings. The van der Waals surface area contributed by atoms with Crippen LogP contribution in [0.1, 0.15) is 5.56 Å². The van der Waals surface area contributed by atoms with Gasteiger partial charge in [-0.15, -0.1) is 0 Å². The first-order chi connectivity index (χ1) is 16.7. The third-order valence-corrected chi connectivity index (χ3v) is 5.77. The Balaban J connectivity index is 1.36. The molecule has 1 aliphatic rings. The molecule has 0 saturated carbocycles. The number of pyridine rings is 1. The molecule has 34 heavy (non-hydrogen) atoms. The Labute approximate surface area is 192 Å². The standard InChI is InChI=1S/C24H20N6O4/c31-22-19-20(28-29-22)16-11-26-24(25-10-15-13-33-17-8-4-5-9-18(17)34-15)27-21(16)30(23(19)32)12-14-6-2-1-3-7-14/h1-9,11,15H,10,12-13H2,(H,25,26,27)(H2,28,29,31). The van der Waals surface area contributed by atoms with Gasteiger partial charge in [0.05, 0.1) is 24.0 Å². The van der Waals surface area contributed by atoms with Crippen molar-refractivity contribution in [2.75, 3.05) is 18.5 Å². The minimum absolute atomic E-state index is 0.0548. The fourth-order valence-corrected chi connectivity index (χ4v) is 4.12. The van der Waals surface area contributed by atoms with E-state index in [1.54, 1.807) is 6.20 Å². The van der Waals surface area contributed by atoms with Gasteiger partial charge in [-0.3, -0.25) is 24.4 Å². The largest absolute Gasteiger partial charge is 0.486 e. The summed E-state index contributed by atoms with van der Waals surface area (Å²) in [7, 11) is 0. The maximum atomic E-state index is 13.3. The number of rotatable bonds is 5. The number of nitrogens with one attached hydrogen (secondary N) is 3. The molecule has 3 N–H and O–H groups in total. The number of H-pyrrole nitrogens is 2. The second-order valence-electron chi connectivity index (χ2n) is 8.02. The highest BCUT2D eigenvalue weighted by Gasteiger charge is 2.21. The minimum atomic E-state index is -0.472. The van der Waals surface area contributed by atoms with Crippen molar-refractivity contribution < 1.29 is 9.47 Å². The molecule has 4 heterocycles. The fourth-order valence-electron chi connectivity index (χ4n) is 4.12. The first kappa shape index (κ1) is 20.0. The predicted octanol–water partition coefficient (Wildman–Crippen LogP) is 2.26. The van der Waals surface area contributed by atoms with Crippen LogP contribution in [0.4, 0.5) is 5.95 Å². The van der Waals surface area contributed by atoms with E-state index in [1.807, 2.05) is 54.6 Å². The van der Waals surface area contributed by atoms with Gasteiger partial charge in [0.2, 0.25) is 5.95 Å². The van der Waals surface area contributed by atoms with Crippen LogP contribution in [0.5, 0.6) is 11.5 Å². The number of para-hydroxylation sites is 2. The van der Waals surface area contributed by atoms with Gasteiger partial charge in [0.15, 0.2) is 17.1 Å². The molecule has 0 spiro atoms. The van der Waals surface area contributed by atoms with Crippen molar-refractivity contribution in [1.82, 2.24) is 24.7 Å². The molecule has 1 aliphatic heterocycles. The SMILES string of the molecule is O=c1[nH][nH]c2c1c(=O)n(Cc1ccccc1)c1nc(NCC3COc4ccccc4O3)ncc21. The van der Waals surface area contributed by atoms with Crippen LogP contribution in [0.25, 0.3) is 21.9 Å². The quantitative estimate of drug-likeness (QED) is 0.370. The van der Waals surface area contributed by atoms with Crippen molar-refractivity contribution in [2.45, 2.75) is 12.6 Å². The molecule has 1 unspecified atom stereocenters. The average molecular weight is 456 g/mol. The lowest BCUT2D eigenvalue weighted by Gasteiger charge is -2.26. The summed E-state index contributed by atoms with van der Waals surface area (Å²) in [5, 5.41) is 9.09. The van der Waals surface area contributed by atoms with Gasteiger partial charge in [-0.2, -0.15) is 4.98 Å². The van der Waals surface area contributed by atoms with Crippen LogP contribution in [-0.4, -0.2) is 44.0 Å². The van der Waals surface area contributed by atoms with E-state index in [2.05, 4.69) is 25.5 Å². The van der Waals surface area contributed by atoms with Crippen LogP contribution < -0.4 is 25.9 Å². The fraction of sp³-hybridized carbons (Fsp3) is 0.167. The van der Waals surface area contributed by atoms with Crippen LogP contribution in [0.2, 0.25) is 0 Å². The number of hydrogen-bond donors (Lipinski definition) is 3. The monoisotopic (exact) mass is 456 g/mol. The molecule has 2 aromatic carbocycles. The molecule has 10 nitrogen and oxygen atoms in total. The molecular formula is C24H20N6O4. The molecule has 5 aromatic rings. The minimum Gasteiger partial charge on any atom is -0.486 e. The van der Waals surface area contributed by atoms with Crippen molar-refractivity contribution in [2.24, 2.45) is 0 Å². The van der Waals surface area contributed by atoms with E-state index >= 15 is 0 Å². The summed E-state index contributed by atoms with van der Waals surface area (Å²) in [6.07, 6.45) is 1.37. The maximum Gasteiger partial charge on any atom is 0.277 e. The number of nitrogens with zero attached hydrogens (tertiary/aromatic N) is 3. The molecule has 0 amide bonds. The number of benzene rings is 2. The second-order valence-corrected chi connectivity index (χ2v) is 8.02. The predicted molar refractivity (Wildman–Crippen MR) is 127 cm³/mol. The lowest BCUT2D eigenvalue weighted by molar-refractivity contribution is 0.0996. The highest BCUT2D eigenvalue weighted by atomic mass is 16.6. The number of fused-ring (bicyclic) bond motifs is 4. The van der Waals surface area contributed by atoms with E-state index in [0.717, 1.165) is 11.3 Å². The molecule has 0 aliphatic carbocycles. The maximum absolute atomic E-state index is 13.3. The van der Waals surface area contributed by atoms with Crippen LogP contribution in [0, 0.1) is 0 Å². The highest BCUT2D eigenvalue weighted by Crippen LogP contribution is 2.30. The molecule has 0 radical (unpaired) electrons. The Morgan fingerprint density at radius 2 is 1.82 bits per heavy atom. The second kappa shape index (κ2) is 8.07. The molecule has 170 valence electrons. The van der Waals surface area contributed by atoms with Gasteiger partial charge in [0, 0.05) is 6.20 Å². The summed E-state index contributed by atoms with van der Waals surface area (Å²) in [6.45, 7) is 1.07. The van der Waals surface area contributed by atoms with E-state index in [1.165, 1.54) is 4.57 Å². The van der Waals surface area contributed by atoms with Crippen LogP contribution in [0.3, 0.4) is 0 Å². The molecule has 0 bridgehead atoms. The summed E-state index contributed by atoms with van der Waals surface area (Å²) in [6, 6.07) is 17.1. The zero-order valence-corrected chi connectivity index (χ0v) is 17.9. The Morgan fingerprint density at radius 1 is 1.03 bits per heavy atom. The van der Waals surface area contributed by atoms with Gasteiger partial charge in [0.1, 0.15) is 18.1 Å². The normalized spacial score (nSPS) is 15.0. The molecule has 3 aromatic heterocycles. The van der Waals surface area contributed by atoms with Gasteiger partial charge >= 0.3 is 0 Å². The first-order valence-corrected chi connectivity index (χ1v) is 10.8. The first-order valence-electron chi connectivity index (χ1n) is 10.8. The summed E-state index contributed by atoms with van der Waals surface area (Å²) in [5.74, 6) is 1.75. The van der Waals surface area contributed by atoms with Gasteiger partial charge in [0.25, 0.3) is 11.1 Å². The van der Waals surface area contributed by atoms with Gasteiger partial charge in [-0.05, 0) is 17.7 Å². The van der Waals surface area contributed by atoms with Crippen LogP contribution in [-0.2, 0) is 6.54 Å². The number of aromatic nitrogens is 5. The summed E-state index contributed by atoms with van der Waals surface area (Å²) in [4.78, 5) is 34.6. The van der Waals surface area contributed by atoms with Crippen molar-refractivity contribution >= 4 is 27.9 Å². The van der Waals surface area contributed by atoms with E-state index in [-0.39, 0.29) is 18.0 Å². The van der Waals surface area contributed by atoms with Crippen molar-refractivity contribution in [3.8, 4) is 11.5 Å². The van der Waals surface area contributed by atoms with Crippen LogP contribution in [0.15, 0.2) is 70.4 Å². The van der Waals surface area contributed by atoms with Crippen molar-refractivity contribution in [1.29, 1.82) is 0 Å². The molecule has 10 heteroatoms. The van der Waals surface area contributed by atoms with Gasteiger partial charge < -0.3 is 14.8 Å². The summed E-state index contributed by atoms with van der Waals surface area (Å²) < 4.78 is 13.2. The van der Waals surface area contributed by atoms with E-state index < -0.39 is 11.1 Å².